The maximum absolute atomic E-state index is 12.5. The summed E-state index contributed by atoms with van der Waals surface area (Å²) in [4.78, 5) is 18.6. The molecule has 5 nitrogen and oxygen atoms in total. The monoisotopic (exact) mass is 307 g/mol. The van der Waals surface area contributed by atoms with Crippen molar-refractivity contribution in [2.75, 3.05) is 32.1 Å². The van der Waals surface area contributed by atoms with Crippen LogP contribution in [0.15, 0.2) is 17.0 Å². The van der Waals surface area contributed by atoms with Crippen molar-refractivity contribution in [2.45, 2.75) is 31.8 Å². The van der Waals surface area contributed by atoms with Gasteiger partial charge in [0.1, 0.15) is 5.69 Å². The van der Waals surface area contributed by atoms with Crippen LogP contribution in [0.2, 0.25) is 0 Å². The van der Waals surface area contributed by atoms with Crippen molar-refractivity contribution in [2.24, 2.45) is 0 Å². The van der Waals surface area contributed by atoms with E-state index in [9.17, 15) is 4.79 Å². The molecule has 0 saturated carbocycles. The quantitative estimate of drug-likeness (QED) is 0.853. The highest BCUT2D eigenvalue weighted by Gasteiger charge is 2.37. The van der Waals surface area contributed by atoms with Crippen LogP contribution in [0.4, 0.5) is 5.13 Å². The van der Waals surface area contributed by atoms with E-state index >= 15 is 0 Å². The number of ether oxygens (including phenoxy) is 1. The third-order valence-corrected chi connectivity index (χ3v) is 5.09. The maximum Gasteiger partial charge on any atom is 0.273 e. The van der Waals surface area contributed by atoms with Crippen molar-refractivity contribution in [3.05, 3.63) is 22.7 Å². The number of likely N-dealkylation sites (tertiary alicyclic amines) is 1. The van der Waals surface area contributed by atoms with E-state index in [1.165, 1.54) is 16.9 Å². The molecule has 1 aromatic heterocycles. The van der Waals surface area contributed by atoms with E-state index in [2.05, 4.69) is 23.3 Å². The van der Waals surface area contributed by atoms with Crippen molar-refractivity contribution in [3.8, 4) is 0 Å². The Morgan fingerprint density at radius 1 is 1.48 bits per heavy atom. The van der Waals surface area contributed by atoms with E-state index < -0.39 is 0 Å². The summed E-state index contributed by atoms with van der Waals surface area (Å²) in [5, 5.41) is 5.56. The molecule has 1 aromatic rings. The largest absolute Gasteiger partial charge is 0.370 e. The first-order valence-corrected chi connectivity index (χ1v) is 8.25. The van der Waals surface area contributed by atoms with Crippen LogP contribution in [0.3, 0.4) is 0 Å². The number of carbonyl (C=O) groups is 1. The molecule has 1 spiro atoms. The average molecular weight is 307 g/mol. The molecule has 1 saturated heterocycles. The molecule has 6 heteroatoms. The molecule has 0 aliphatic carbocycles. The lowest BCUT2D eigenvalue weighted by molar-refractivity contribution is -0.0522. The number of nitrogens with one attached hydrogen (secondary N) is 1. The van der Waals surface area contributed by atoms with Crippen molar-refractivity contribution in [1.29, 1.82) is 0 Å². The summed E-state index contributed by atoms with van der Waals surface area (Å²) in [7, 11) is 1.81. The van der Waals surface area contributed by atoms with E-state index in [1.54, 1.807) is 0 Å². The number of hydrogen-bond acceptors (Lipinski definition) is 5. The highest BCUT2D eigenvalue weighted by atomic mass is 32.1. The molecule has 1 N–H and O–H groups in total. The van der Waals surface area contributed by atoms with E-state index in [0.29, 0.717) is 5.69 Å². The van der Waals surface area contributed by atoms with Crippen LogP contribution in [-0.2, 0) is 4.74 Å². The first-order chi connectivity index (χ1) is 10.1. The van der Waals surface area contributed by atoms with E-state index in [-0.39, 0.29) is 11.5 Å². The second kappa shape index (κ2) is 5.77. The zero-order valence-corrected chi connectivity index (χ0v) is 13.3. The summed E-state index contributed by atoms with van der Waals surface area (Å²) in [6, 6.07) is 0. The zero-order chi connectivity index (χ0) is 14.9. The van der Waals surface area contributed by atoms with Crippen LogP contribution in [0.5, 0.6) is 0 Å². The molecule has 0 atom stereocenters. The average Bonchev–Trinajstić information content (AvgIpc) is 2.96. The van der Waals surface area contributed by atoms with Crippen molar-refractivity contribution in [1.82, 2.24) is 9.88 Å². The fourth-order valence-corrected chi connectivity index (χ4v) is 3.65. The first-order valence-electron chi connectivity index (χ1n) is 7.37. The molecule has 114 valence electrons. The summed E-state index contributed by atoms with van der Waals surface area (Å²) in [5.74, 6) is 0.0270. The molecule has 3 heterocycles. The van der Waals surface area contributed by atoms with Gasteiger partial charge in [-0.3, -0.25) is 4.79 Å². The molecule has 0 radical (unpaired) electrons. The van der Waals surface area contributed by atoms with Gasteiger partial charge in [0.2, 0.25) is 0 Å². The van der Waals surface area contributed by atoms with E-state index in [1.807, 2.05) is 17.3 Å². The van der Waals surface area contributed by atoms with Gasteiger partial charge in [0.05, 0.1) is 12.2 Å². The fraction of sp³-hybridized carbons (Fsp3) is 0.600. The predicted molar refractivity (Wildman–Crippen MR) is 83.9 cm³/mol. The summed E-state index contributed by atoms with van der Waals surface area (Å²) in [6.07, 6.45) is 5.04. The zero-order valence-electron chi connectivity index (χ0n) is 12.5. The third kappa shape index (κ3) is 2.96. The minimum Gasteiger partial charge on any atom is -0.370 e. The molecule has 3 rings (SSSR count). The molecule has 0 bridgehead atoms. The van der Waals surface area contributed by atoms with Crippen LogP contribution < -0.4 is 5.32 Å². The fourth-order valence-electron chi connectivity index (χ4n) is 3.00. The van der Waals surface area contributed by atoms with Crippen LogP contribution in [-0.4, -0.2) is 48.1 Å². The second-order valence-electron chi connectivity index (χ2n) is 5.73. The van der Waals surface area contributed by atoms with Crippen LogP contribution in [0.1, 0.15) is 36.7 Å². The number of aromatic nitrogens is 1. The Bertz CT molecular complexity index is 559. The van der Waals surface area contributed by atoms with Crippen LogP contribution in [0, 0.1) is 0 Å². The minimum absolute atomic E-state index is 0.0270. The smallest absolute Gasteiger partial charge is 0.273 e. The minimum atomic E-state index is -0.142. The summed E-state index contributed by atoms with van der Waals surface area (Å²) >= 11 is 1.46. The number of piperidine rings is 1. The van der Waals surface area contributed by atoms with Crippen molar-refractivity contribution in [3.63, 3.8) is 0 Å². The van der Waals surface area contributed by atoms with Gasteiger partial charge in [-0.15, -0.1) is 11.3 Å². The summed E-state index contributed by atoms with van der Waals surface area (Å²) in [6.45, 7) is 4.42. The lowest BCUT2D eigenvalue weighted by Crippen LogP contribution is -2.48. The van der Waals surface area contributed by atoms with E-state index in [4.69, 9.17) is 4.74 Å². The number of carbonyl (C=O) groups excluding carboxylic acids is 1. The normalized spacial score (nSPS) is 21.2. The van der Waals surface area contributed by atoms with Gasteiger partial charge in [-0.1, -0.05) is 11.6 Å². The number of thiazole rings is 1. The highest BCUT2D eigenvalue weighted by molar-refractivity contribution is 7.13. The Labute approximate surface area is 129 Å². The predicted octanol–water partition coefficient (Wildman–Crippen LogP) is 2.53. The molecule has 2 aliphatic rings. The number of rotatable bonds is 2. The standard InChI is InChI=1S/C15H21N3O2S/c1-11-3-8-20-15(9-11)4-6-18(7-5-15)13(19)12-10-21-14(16-2)17-12/h9-10H,3-8H2,1-2H3,(H,16,17). The number of nitrogens with zero attached hydrogens (tertiary/aromatic N) is 2. The summed E-state index contributed by atoms with van der Waals surface area (Å²) in [5.41, 5.74) is 1.80. The molecule has 0 aromatic carbocycles. The Kier molecular flexibility index (Phi) is 3.99. The van der Waals surface area contributed by atoms with E-state index in [0.717, 1.165) is 44.1 Å². The Morgan fingerprint density at radius 3 is 2.86 bits per heavy atom. The molecule has 1 amide bonds. The summed E-state index contributed by atoms with van der Waals surface area (Å²) < 4.78 is 5.99. The molecule has 1 fully saturated rings. The third-order valence-electron chi connectivity index (χ3n) is 4.23. The molecule has 21 heavy (non-hydrogen) atoms. The van der Waals surface area contributed by atoms with Crippen molar-refractivity contribution >= 4 is 22.4 Å². The molecule has 0 unspecified atom stereocenters. The molecule has 2 aliphatic heterocycles. The van der Waals surface area contributed by atoms with Crippen molar-refractivity contribution < 1.29 is 9.53 Å². The number of amides is 1. The Hall–Kier alpha value is -1.40. The number of hydrogen-bond donors (Lipinski definition) is 1. The highest BCUT2D eigenvalue weighted by Crippen LogP contribution is 2.33. The number of anilines is 1. The van der Waals surface area contributed by atoms with Crippen LogP contribution >= 0.6 is 11.3 Å². The van der Waals surface area contributed by atoms with Gasteiger partial charge < -0.3 is 15.0 Å². The maximum atomic E-state index is 12.5. The molecular weight excluding hydrogens is 286 g/mol. The Morgan fingerprint density at radius 2 is 2.24 bits per heavy atom. The van der Waals surface area contributed by atoms with Gasteiger partial charge in [0.25, 0.3) is 5.91 Å². The molecular formula is C15H21N3O2S. The topological polar surface area (TPSA) is 54.5 Å². The second-order valence-corrected chi connectivity index (χ2v) is 6.59. The van der Waals surface area contributed by atoms with Gasteiger partial charge >= 0.3 is 0 Å². The van der Waals surface area contributed by atoms with Crippen LogP contribution in [0.25, 0.3) is 0 Å². The lowest BCUT2D eigenvalue weighted by atomic mass is 9.87. The first kappa shape index (κ1) is 14.5. The van der Waals surface area contributed by atoms with Gasteiger partial charge in [-0.05, 0) is 26.2 Å². The lowest BCUT2D eigenvalue weighted by Gasteiger charge is -2.42. The van der Waals surface area contributed by atoms with Gasteiger partial charge in [0, 0.05) is 25.5 Å². The SMILES string of the molecule is CNc1nc(C(=O)N2CCC3(C=C(C)CCO3)CC2)cs1. The Balaban J connectivity index is 1.65. The van der Waals surface area contributed by atoms with Gasteiger partial charge in [-0.25, -0.2) is 4.98 Å². The van der Waals surface area contributed by atoms with Gasteiger partial charge in [-0.2, -0.15) is 0 Å². The van der Waals surface area contributed by atoms with Gasteiger partial charge in [0.15, 0.2) is 5.13 Å².